The van der Waals surface area contributed by atoms with Gasteiger partial charge in [0, 0.05) is 6.07 Å². The number of nitro groups is 1. The molecule has 0 bridgehead atoms. The first-order chi connectivity index (χ1) is 6.07. The molecule has 0 N–H and O–H groups in total. The van der Waals surface area contributed by atoms with Crippen molar-refractivity contribution in [3.8, 4) is 6.07 Å². The molecule has 0 saturated heterocycles. The van der Waals surface area contributed by atoms with Crippen LogP contribution >= 0.6 is 15.9 Å². The van der Waals surface area contributed by atoms with Gasteiger partial charge in [-0.2, -0.15) is 5.26 Å². The van der Waals surface area contributed by atoms with Crippen molar-refractivity contribution in [2.75, 3.05) is 0 Å². The summed E-state index contributed by atoms with van der Waals surface area (Å²) in [6.45, 7) is 0. The Kier molecular flexibility index (Phi) is 2.58. The largest absolute Gasteiger partial charge is 0.288 e. The minimum atomic E-state index is -0.733. The summed E-state index contributed by atoms with van der Waals surface area (Å²) < 4.78 is 12.6. The van der Waals surface area contributed by atoms with Crippen molar-refractivity contribution in [2.24, 2.45) is 0 Å². The molecule has 4 nitrogen and oxygen atoms in total. The first-order valence-corrected chi connectivity index (χ1v) is 3.89. The molecule has 1 aromatic rings. The Balaban J connectivity index is 3.50. The lowest BCUT2D eigenvalue weighted by molar-refractivity contribution is -0.385. The van der Waals surface area contributed by atoms with Crippen LogP contribution in [0.25, 0.3) is 0 Å². The number of hydrogen-bond donors (Lipinski definition) is 0. The maximum Gasteiger partial charge on any atom is 0.288 e. The van der Waals surface area contributed by atoms with E-state index in [1.807, 2.05) is 0 Å². The van der Waals surface area contributed by atoms with Crippen molar-refractivity contribution >= 4 is 21.6 Å². The average molecular weight is 245 g/mol. The number of nitrogens with zero attached hydrogens (tertiary/aromatic N) is 2. The van der Waals surface area contributed by atoms with Gasteiger partial charge in [-0.15, -0.1) is 0 Å². The molecule has 0 aliphatic carbocycles. The average Bonchev–Trinajstić information content (AvgIpc) is 2.09. The number of nitro benzene ring substituents is 1. The molecule has 1 aromatic carbocycles. The molecule has 0 aromatic heterocycles. The van der Waals surface area contributed by atoms with Crippen LogP contribution in [0.4, 0.5) is 10.1 Å². The fourth-order valence-corrected chi connectivity index (χ4v) is 1.22. The molecule has 0 spiro atoms. The highest BCUT2D eigenvalue weighted by atomic mass is 79.9. The molecule has 0 aliphatic heterocycles. The predicted molar refractivity (Wildman–Crippen MR) is 45.5 cm³/mol. The molecular formula is C7H2BrFN2O2. The van der Waals surface area contributed by atoms with Gasteiger partial charge in [0.25, 0.3) is 5.69 Å². The van der Waals surface area contributed by atoms with E-state index < -0.39 is 16.4 Å². The van der Waals surface area contributed by atoms with E-state index in [4.69, 9.17) is 5.26 Å². The van der Waals surface area contributed by atoms with Crippen LogP contribution in [0.15, 0.2) is 16.6 Å². The molecule has 0 aliphatic rings. The third-order valence-corrected chi connectivity index (χ3v) is 2.16. The topological polar surface area (TPSA) is 66.9 Å². The molecule has 0 saturated carbocycles. The van der Waals surface area contributed by atoms with Crippen LogP contribution < -0.4 is 0 Å². The van der Waals surface area contributed by atoms with E-state index in [1.165, 1.54) is 0 Å². The summed E-state index contributed by atoms with van der Waals surface area (Å²) in [4.78, 5) is 9.62. The van der Waals surface area contributed by atoms with E-state index in [0.29, 0.717) is 0 Å². The molecule has 0 radical (unpaired) electrons. The molecule has 66 valence electrons. The summed E-state index contributed by atoms with van der Waals surface area (Å²) in [5.41, 5.74) is -0.708. The minimum Gasteiger partial charge on any atom is -0.258 e. The van der Waals surface area contributed by atoms with Crippen LogP contribution in [0.1, 0.15) is 5.56 Å². The first-order valence-electron chi connectivity index (χ1n) is 3.10. The van der Waals surface area contributed by atoms with E-state index in [-0.39, 0.29) is 10.0 Å². The smallest absolute Gasteiger partial charge is 0.258 e. The zero-order chi connectivity index (χ0) is 10.0. The van der Waals surface area contributed by atoms with Crippen LogP contribution in [0.3, 0.4) is 0 Å². The Morgan fingerprint density at radius 1 is 1.62 bits per heavy atom. The second-order valence-corrected chi connectivity index (χ2v) is 2.92. The van der Waals surface area contributed by atoms with Gasteiger partial charge in [-0.3, -0.25) is 10.1 Å². The molecule has 0 unspecified atom stereocenters. The van der Waals surface area contributed by atoms with Crippen LogP contribution in [0, 0.1) is 27.3 Å². The molecule has 0 amide bonds. The fraction of sp³-hybridized carbons (Fsp3) is 0. The van der Waals surface area contributed by atoms with Gasteiger partial charge in [0.2, 0.25) is 0 Å². The van der Waals surface area contributed by atoms with Gasteiger partial charge < -0.3 is 0 Å². The monoisotopic (exact) mass is 244 g/mol. The zero-order valence-electron chi connectivity index (χ0n) is 6.12. The van der Waals surface area contributed by atoms with E-state index in [1.54, 1.807) is 6.07 Å². The van der Waals surface area contributed by atoms with Crippen molar-refractivity contribution in [1.82, 2.24) is 0 Å². The van der Waals surface area contributed by atoms with Gasteiger partial charge in [-0.1, -0.05) is 0 Å². The Labute approximate surface area is 80.9 Å². The number of nitriles is 1. The Morgan fingerprint density at radius 3 is 2.69 bits per heavy atom. The highest BCUT2D eigenvalue weighted by Gasteiger charge is 2.18. The van der Waals surface area contributed by atoms with Gasteiger partial charge in [0.1, 0.15) is 17.4 Å². The number of benzene rings is 1. The van der Waals surface area contributed by atoms with Gasteiger partial charge in [-0.05, 0) is 22.0 Å². The molecule has 0 fully saturated rings. The van der Waals surface area contributed by atoms with E-state index in [0.717, 1.165) is 12.1 Å². The standard InChI is InChI=1S/C7H2BrFN2O2/c8-7-4(3-10)6(11(12)13)2-1-5(7)9/h1-2H. The zero-order valence-corrected chi connectivity index (χ0v) is 7.71. The highest BCUT2D eigenvalue weighted by Crippen LogP contribution is 2.28. The lowest BCUT2D eigenvalue weighted by Gasteiger charge is -1.97. The van der Waals surface area contributed by atoms with Crippen LogP contribution in [0.5, 0.6) is 0 Å². The van der Waals surface area contributed by atoms with Gasteiger partial charge in [0.15, 0.2) is 0 Å². The minimum absolute atomic E-state index is 0.177. The molecule has 6 heteroatoms. The van der Waals surface area contributed by atoms with Gasteiger partial charge >= 0.3 is 0 Å². The second kappa shape index (κ2) is 3.49. The van der Waals surface area contributed by atoms with Crippen LogP contribution in [-0.4, -0.2) is 4.92 Å². The first kappa shape index (κ1) is 9.61. The maximum absolute atomic E-state index is 12.8. The van der Waals surface area contributed by atoms with Crippen molar-refractivity contribution in [3.63, 3.8) is 0 Å². The Morgan fingerprint density at radius 2 is 2.23 bits per heavy atom. The third-order valence-electron chi connectivity index (χ3n) is 1.38. The highest BCUT2D eigenvalue weighted by molar-refractivity contribution is 9.10. The van der Waals surface area contributed by atoms with Crippen molar-refractivity contribution < 1.29 is 9.31 Å². The predicted octanol–water partition coefficient (Wildman–Crippen LogP) is 2.37. The molecule has 0 atom stereocenters. The number of rotatable bonds is 1. The summed E-state index contributed by atoms with van der Waals surface area (Å²) in [5.74, 6) is -0.692. The van der Waals surface area contributed by atoms with Crippen molar-refractivity contribution in [1.29, 1.82) is 5.26 Å². The Bertz CT molecular complexity index is 414. The number of hydrogen-bond acceptors (Lipinski definition) is 3. The fourth-order valence-electron chi connectivity index (χ4n) is 0.799. The summed E-state index contributed by atoms with van der Waals surface area (Å²) in [6.07, 6.45) is 0. The quantitative estimate of drug-likeness (QED) is 0.563. The normalized spacial score (nSPS) is 9.31. The summed E-state index contributed by atoms with van der Waals surface area (Å²) in [7, 11) is 0. The van der Waals surface area contributed by atoms with Crippen LogP contribution in [0.2, 0.25) is 0 Å². The summed E-state index contributed by atoms with van der Waals surface area (Å²) in [5, 5.41) is 18.9. The molecule has 0 heterocycles. The van der Waals surface area contributed by atoms with Gasteiger partial charge in [-0.25, -0.2) is 4.39 Å². The second-order valence-electron chi connectivity index (χ2n) is 2.12. The SMILES string of the molecule is N#Cc1c([N+](=O)[O-])ccc(F)c1Br. The van der Waals surface area contributed by atoms with Crippen molar-refractivity contribution in [3.05, 3.63) is 38.1 Å². The van der Waals surface area contributed by atoms with Crippen molar-refractivity contribution in [2.45, 2.75) is 0 Å². The molecular weight excluding hydrogens is 243 g/mol. The van der Waals surface area contributed by atoms with Crippen LogP contribution in [-0.2, 0) is 0 Å². The lowest BCUT2D eigenvalue weighted by atomic mass is 10.2. The van der Waals surface area contributed by atoms with E-state index >= 15 is 0 Å². The van der Waals surface area contributed by atoms with Gasteiger partial charge in [0.05, 0.1) is 9.40 Å². The Hall–Kier alpha value is -1.48. The maximum atomic E-state index is 12.8. The van der Waals surface area contributed by atoms with E-state index in [2.05, 4.69) is 15.9 Å². The summed E-state index contributed by atoms with van der Waals surface area (Å²) >= 11 is 2.76. The third kappa shape index (κ3) is 1.65. The molecule has 13 heavy (non-hydrogen) atoms. The summed E-state index contributed by atoms with van der Waals surface area (Å²) in [6, 6.07) is 3.45. The lowest BCUT2D eigenvalue weighted by Crippen LogP contribution is -1.94. The number of halogens is 2. The molecule has 1 rings (SSSR count). The van der Waals surface area contributed by atoms with E-state index in [9.17, 15) is 14.5 Å².